The van der Waals surface area contributed by atoms with Gasteiger partial charge in [0.1, 0.15) is 4.60 Å². The van der Waals surface area contributed by atoms with Crippen LogP contribution in [0.5, 0.6) is 0 Å². The highest BCUT2D eigenvalue weighted by atomic mass is 79.9. The Bertz CT molecular complexity index is 556. The second-order valence-electron chi connectivity index (χ2n) is 3.85. The minimum atomic E-state index is 0.0163. The van der Waals surface area contributed by atoms with Crippen LogP contribution in [-0.2, 0) is 6.54 Å². The number of fused-ring (bicyclic) bond motifs is 1. The Labute approximate surface area is 108 Å². The Morgan fingerprint density at radius 1 is 1.53 bits per heavy atom. The first kappa shape index (κ1) is 12.0. The predicted molar refractivity (Wildman–Crippen MR) is 67.2 cm³/mol. The van der Waals surface area contributed by atoms with E-state index < -0.39 is 0 Å². The van der Waals surface area contributed by atoms with Crippen LogP contribution in [0.3, 0.4) is 0 Å². The Morgan fingerprint density at radius 2 is 2.35 bits per heavy atom. The summed E-state index contributed by atoms with van der Waals surface area (Å²) in [6.45, 7) is 3.25. The second kappa shape index (κ2) is 5.25. The summed E-state index contributed by atoms with van der Waals surface area (Å²) in [6.07, 6.45) is 5.41. The van der Waals surface area contributed by atoms with Crippen molar-refractivity contribution in [2.75, 3.05) is 6.54 Å². The number of imidazole rings is 1. The zero-order valence-electron chi connectivity index (χ0n) is 9.39. The quantitative estimate of drug-likeness (QED) is 0.932. The molecule has 0 aliphatic carbocycles. The van der Waals surface area contributed by atoms with Gasteiger partial charge < -0.3 is 5.32 Å². The lowest BCUT2D eigenvalue weighted by atomic mass is 10.2. The Balaban J connectivity index is 2.09. The molecule has 0 saturated heterocycles. The molecule has 1 unspecified atom stereocenters. The molecule has 6 heteroatoms. The molecule has 17 heavy (non-hydrogen) atoms. The summed E-state index contributed by atoms with van der Waals surface area (Å²) in [5.41, 5.74) is 1.87. The normalized spacial score (nSPS) is 12.5. The van der Waals surface area contributed by atoms with Gasteiger partial charge in [-0.25, -0.2) is 9.97 Å². The van der Waals surface area contributed by atoms with Gasteiger partial charge in [0.05, 0.1) is 30.1 Å². The fraction of sp³-hybridized carbons (Fsp3) is 0.364. The molecule has 2 rings (SSSR count). The summed E-state index contributed by atoms with van der Waals surface area (Å²) in [6, 6.07) is 2.19. The molecule has 0 aliphatic rings. The Kier molecular flexibility index (Phi) is 3.71. The molecule has 0 amide bonds. The van der Waals surface area contributed by atoms with Crippen molar-refractivity contribution in [2.45, 2.75) is 13.5 Å². The number of halogens is 1. The van der Waals surface area contributed by atoms with Gasteiger partial charge in [0.25, 0.3) is 0 Å². The fourth-order valence-corrected chi connectivity index (χ4v) is 1.82. The first-order chi connectivity index (χ1) is 8.20. The zero-order chi connectivity index (χ0) is 12.3. The van der Waals surface area contributed by atoms with Crippen LogP contribution in [0.2, 0.25) is 0 Å². The molecular formula is C11H12BrN5. The van der Waals surface area contributed by atoms with Crippen molar-refractivity contribution >= 4 is 21.6 Å². The number of hydrogen-bond acceptors (Lipinski definition) is 4. The number of nitriles is 1. The maximum absolute atomic E-state index is 8.68. The van der Waals surface area contributed by atoms with Crippen LogP contribution in [-0.4, -0.2) is 20.9 Å². The minimum Gasteiger partial charge on any atom is -0.310 e. The molecule has 0 spiro atoms. The largest absolute Gasteiger partial charge is 0.310 e. The SMILES string of the molecule is CC(C#N)CNCc1cnc2cnc(Br)cn12. The molecule has 0 aliphatic heterocycles. The van der Waals surface area contributed by atoms with Gasteiger partial charge in [-0.2, -0.15) is 5.26 Å². The van der Waals surface area contributed by atoms with Crippen molar-refractivity contribution in [1.82, 2.24) is 19.7 Å². The molecule has 2 aromatic rings. The summed E-state index contributed by atoms with van der Waals surface area (Å²) in [5.74, 6) is 0.0163. The lowest BCUT2D eigenvalue weighted by Crippen LogP contribution is -2.20. The second-order valence-corrected chi connectivity index (χ2v) is 4.66. The number of rotatable bonds is 4. The van der Waals surface area contributed by atoms with E-state index in [9.17, 15) is 0 Å². The Hall–Kier alpha value is -1.45. The Morgan fingerprint density at radius 3 is 3.12 bits per heavy atom. The van der Waals surface area contributed by atoms with Crippen molar-refractivity contribution in [3.63, 3.8) is 0 Å². The van der Waals surface area contributed by atoms with E-state index >= 15 is 0 Å². The fourth-order valence-electron chi connectivity index (χ4n) is 1.51. The molecule has 0 bridgehead atoms. The van der Waals surface area contributed by atoms with Gasteiger partial charge in [-0.15, -0.1) is 0 Å². The predicted octanol–water partition coefficient (Wildman–Crippen LogP) is 1.74. The first-order valence-corrected chi connectivity index (χ1v) is 6.08. The topological polar surface area (TPSA) is 66.0 Å². The van der Waals surface area contributed by atoms with E-state index in [1.807, 2.05) is 23.7 Å². The maximum atomic E-state index is 8.68. The van der Waals surface area contributed by atoms with E-state index in [1.54, 1.807) is 6.20 Å². The molecule has 1 N–H and O–H groups in total. The van der Waals surface area contributed by atoms with Gasteiger partial charge in [0, 0.05) is 19.3 Å². The third kappa shape index (κ3) is 2.81. The molecule has 2 aromatic heterocycles. The first-order valence-electron chi connectivity index (χ1n) is 5.28. The third-order valence-electron chi connectivity index (χ3n) is 2.42. The summed E-state index contributed by atoms with van der Waals surface area (Å²) < 4.78 is 2.75. The van der Waals surface area contributed by atoms with Gasteiger partial charge in [-0.05, 0) is 22.9 Å². The molecule has 0 radical (unpaired) electrons. The van der Waals surface area contributed by atoms with Crippen molar-refractivity contribution in [3.05, 3.63) is 28.9 Å². The minimum absolute atomic E-state index is 0.0163. The van der Waals surface area contributed by atoms with Crippen LogP contribution >= 0.6 is 15.9 Å². The van der Waals surface area contributed by atoms with Crippen LogP contribution < -0.4 is 5.32 Å². The van der Waals surface area contributed by atoms with Gasteiger partial charge in [0.2, 0.25) is 0 Å². The van der Waals surface area contributed by atoms with Crippen LogP contribution in [0.4, 0.5) is 0 Å². The molecule has 1 atom stereocenters. The van der Waals surface area contributed by atoms with E-state index in [0.29, 0.717) is 13.1 Å². The smallest absolute Gasteiger partial charge is 0.155 e. The van der Waals surface area contributed by atoms with Crippen molar-refractivity contribution in [1.29, 1.82) is 5.26 Å². The molecule has 0 saturated carbocycles. The van der Waals surface area contributed by atoms with Crippen molar-refractivity contribution in [3.8, 4) is 6.07 Å². The van der Waals surface area contributed by atoms with Gasteiger partial charge >= 0.3 is 0 Å². The average molecular weight is 294 g/mol. The van der Waals surface area contributed by atoms with Crippen LogP contribution in [0.15, 0.2) is 23.2 Å². The van der Waals surface area contributed by atoms with E-state index in [1.165, 1.54) is 0 Å². The van der Waals surface area contributed by atoms with E-state index in [4.69, 9.17) is 5.26 Å². The van der Waals surface area contributed by atoms with Gasteiger partial charge in [-0.3, -0.25) is 4.40 Å². The van der Waals surface area contributed by atoms with Crippen molar-refractivity contribution in [2.24, 2.45) is 5.92 Å². The molecular weight excluding hydrogens is 282 g/mol. The van der Waals surface area contributed by atoms with E-state index in [2.05, 4.69) is 37.3 Å². The van der Waals surface area contributed by atoms with E-state index in [0.717, 1.165) is 15.9 Å². The van der Waals surface area contributed by atoms with Crippen LogP contribution in [0.1, 0.15) is 12.6 Å². The monoisotopic (exact) mass is 293 g/mol. The summed E-state index contributed by atoms with van der Waals surface area (Å²) in [7, 11) is 0. The lowest BCUT2D eigenvalue weighted by molar-refractivity contribution is 0.593. The summed E-state index contributed by atoms with van der Waals surface area (Å²) in [5, 5.41) is 11.9. The summed E-state index contributed by atoms with van der Waals surface area (Å²) >= 11 is 3.33. The third-order valence-corrected chi connectivity index (χ3v) is 2.83. The molecule has 2 heterocycles. The molecule has 0 fully saturated rings. The van der Waals surface area contributed by atoms with Crippen LogP contribution in [0.25, 0.3) is 5.65 Å². The number of nitrogens with one attached hydrogen (secondary N) is 1. The lowest BCUT2D eigenvalue weighted by Gasteiger charge is -2.05. The van der Waals surface area contributed by atoms with Crippen molar-refractivity contribution < 1.29 is 0 Å². The van der Waals surface area contributed by atoms with Gasteiger partial charge in [-0.1, -0.05) is 0 Å². The highest BCUT2D eigenvalue weighted by Crippen LogP contribution is 2.10. The molecule has 0 aromatic carbocycles. The standard InChI is InChI=1S/C11H12BrN5/c1-8(2-13)3-14-4-9-5-16-11-6-15-10(12)7-17(9)11/h5-8,14H,3-4H2,1H3. The highest BCUT2D eigenvalue weighted by Gasteiger charge is 2.05. The molecule has 5 nitrogen and oxygen atoms in total. The summed E-state index contributed by atoms with van der Waals surface area (Å²) in [4.78, 5) is 8.36. The number of aromatic nitrogens is 3. The maximum Gasteiger partial charge on any atom is 0.155 e. The highest BCUT2D eigenvalue weighted by molar-refractivity contribution is 9.10. The number of nitrogens with zero attached hydrogens (tertiary/aromatic N) is 4. The number of hydrogen-bond donors (Lipinski definition) is 1. The average Bonchev–Trinajstić information content (AvgIpc) is 2.72. The molecule has 88 valence electrons. The zero-order valence-corrected chi connectivity index (χ0v) is 11.0. The van der Waals surface area contributed by atoms with Gasteiger partial charge in [0.15, 0.2) is 5.65 Å². The van der Waals surface area contributed by atoms with Crippen LogP contribution in [0, 0.1) is 17.2 Å². The van der Waals surface area contributed by atoms with E-state index in [-0.39, 0.29) is 5.92 Å².